The van der Waals surface area contributed by atoms with Crippen LogP contribution in [0, 0.1) is 0 Å². The fourth-order valence-corrected chi connectivity index (χ4v) is 1.06. The molecule has 1 aromatic heterocycles. The van der Waals surface area contributed by atoms with Crippen molar-refractivity contribution in [3.63, 3.8) is 0 Å². The molecule has 0 radical (unpaired) electrons. The summed E-state index contributed by atoms with van der Waals surface area (Å²) in [4.78, 5) is 0. The van der Waals surface area contributed by atoms with Crippen molar-refractivity contribution in [2.75, 3.05) is 6.61 Å². The lowest BCUT2D eigenvalue weighted by molar-refractivity contribution is -0.678. The highest BCUT2D eigenvalue weighted by Crippen LogP contribution is 2.28. The maximum absolute atomic E-state index is 12.2. The SMILES string of the molecule is CCOc1ccc(C(F)(F)F)c[n+]1C. The van der Waals surface area contributed by atoms with Crippen LogP contribution in [0.1, 0.15) is 12.5 Å². The molecule has 1 aromatic rings. The zero-order valence-corrected chi connectivity index (χ0v) is 7.93. The molecule has 0 bridgehead atoms. The quantitative estimate of drug-likeness (QED) is 0.674. The Bertz CT molecular complexity index is 322. The minimum absolute atomic E-state index is 0.417. The molecule has 0 aliphatic carbocycles. The van der Waals surface area contributed by atoms with Gasteiger partial charge in [0, 0.05) is 0 Å². The second-order valence-corrected chi connectivity index (χ2v) is 2.80. The highest BCUT2D eigenvalue weighted by atomic mass is 19.4. The van der Waals surface area contributed by atoms with Crippen molar-refractivity contribution in [2.24, 2.45) is 7.05 Å². The summed E-state index contributed by atoms with van der Waals surface area (Å²) in [6, 6.07) is 2.32. The Morgan fingerprint density at radius 3 is 2.43 bits per heavy atom. The molecule has 0 amide bonds. The number of pyridine rings is 1. The van der Waals surface area contributed by atoms with Crippen LogP contribution in [0.15, 0.2) is 18.3 Å². The highest BCUT2D eigenvalue weighted by molar-refractivity contribution is 5.15. The van der Waals surface area contributed by atoms with E-state index >= 15 is 0 Å². The molecule has 78 valence electrons. The van der Waals surface area contributed by atoms with Crippen molar-refractivity contribution >= 4 is 0 Å². The molecule has 0 aliphatic heterocycles. The van der Waals surface area contributed by atoms with E-state index in [1.807, 2.05) is 0 Å². The molecule has 1 heterocycles. The number of nitrogens with zero attached hydrogens (tertiary/aromatic N) is 1. The summed E-state index contributed by atoms with van der Waals surface area (Å²) in [6.45, 7) is 2.21. The second kappa shape index (κ2) is 3.86. The number of ether oxygens (including phenoxy) is 1. The maximum Gasteiger partial charge on any atom is 0.422 e. The molecule has 0 spiro atoms. The zero-order valence-electron chi connectivity index (χ0n) is 7.93. The largest absolute Gasteiger partial charge is 0.445 e. The monoisotopic (exact) mass is 206 g/mol. The average molecular weight is 206 g/mol. The van der Waals surface area contributed by atoms with Crippen LogP contribution in [0.5, 0.6) is 5.88 Å². The van der Waals surface area contributed by atoms with Gasteiger partial charge in [0.15, 0.2) is 6.20 Å². The van der Waals surface area contributed by atoms with Crippen LogP contribution in [0.3, 0.4) is 0 Å². The third-order valence-electron chi connectivity index (χ3n) is 1.71. The topological polar surface area (TPSA) is 13.1 Å². The van der Waals surface area contributed by atoms with E-state index in [0.29, 0.717) is 12.5 Å². The van der Waals surface area contributed by atoms with Crippen molar-refractivity contribution in [1.29, 1.82) is 0 Å². The standard InChI is InChI=1S/C9H11F3NO/c1-3-14-8-5-4-7(6-13(8)2)9(10,11)12/h4-6H,3H2,1-2H3/q+1. The van der Waals surface area contributed by atoms with Crippen LogP contribution in [0.4, 0.5) is 13.2 Å². The minimum Gasteiger partial charge on any atom is -0.445 e. The number of rotatable bonds is 2. The first-order chi connectivity index (χ1) is 6.45. The van der Waals surface area contributed by atoms with Crippen molar-refractivity contribution in [3.8, 4) is 5.88 Å². The number of halogens is 3. The van der Waals surface area contributed by atoms with Gasteiger partial charge in [-0.2, -0.15) is 17.7 Å². The summed E-state index contributed by atoms with van der Waals surface area (Å²) in [6.07, 6.45) is -3.30. The number of hydrogen-bond donors (Lipinski definition) is 0. The van der Waals surface area contributed by atoms with Crippen LogP contribution in [-0.2, 0) is 13.2 Å². The highest BCUT2D eigenvalue weighted by Gasteiger charge is 2.33. The number of aromatic nitrogens is 1. The van der Waals surface area contributed by atoms with Crippen molar-refractivity contribution in [2.45, 2.75) is 13.1 Å². The van der Waals surface area contributed by atoms with Crippen LogP contribution in [-0.4, -0.2) is 6.61 Å². The van der Waals surface area contributed by atoms with E-state index in [-0.39, 0.29) is 0 Å². The zero-order chi connectivity index (χ0) is 10.8. The molecule has 0 saturated heterocycles. The Kier molecular flexibility index (Phi) is 2.98. The molecule has 0 N–H and O–H groups in total. The van der Waals surface area contributed by atoms with Gasteiger partial charge in [-0.05, 0) is 13.0 Å². The number of aryl methyl sites for hydroxylation is 1. The minimum atomic E-state index is -4.30. The first kappa shape index (κ1) is 10.8. The Balaban J connectivity index is 3.01. The maximum atomic E-state index is 12.2. The molecular weight excluding hydrogens is 195 g/mol. The van der Waals surface area contributed by atoms with E-state index in [1.54, 1.807) is 6.92 Å². The van der Waals surface area contributed by atoms with Crippen molar-refractivity contribution in [1.82, 2.24) is 0 Å². The summed E-state index contributed by atoms with van der Waals surface area (Å²) in [5.41, 5.74) is -0.677. The predicted octanol–water partition coefficient (Wildman–Crippen LogP) is 1.93. The predicted molar refractivity (Wildman–Crippen MR) is 43.8 cm³/mol. The van der Waals surface area contributed by atoms with E-state index in [0.717, 1.165) is 12.3 Å². The molecule has 2 nitrogen and oxygen atoms in total. The number of hydrogen-bond acceptors (Lipinski definition) is 1. The average Bonchev–Trinajstić information content (AvgIpc) is 2.07. The van der Waals surface area contributed by atoms with E-state index in [1.165, 1.54) is 17.7 Å². The summed E-state index contributed by atoms with van der Waals surface area (Å²) in [5, 5.41) is 0. The Morgan fingerprint density at radius 1 is 1.36 bits per heavy atom. The smallest absolute Gasteiger partial charge is 0.422 e. The van der Waals surface area contributed by atoms with Crippen LogP contribution in [0.25, 0.3) is 0 Å². The molecule has 0 atom stereocenters. The second-order valence-electron chi connectivity index (χ2n) is 2.80. The van der Waals surface area contributed by atoms with Crippen molar-refractivity contribution < 1.29 is 22.5 Å². The van der Waals surface area contributed by atoms with Gasteiger partial charge in [-0.15, -0.1) is 0 Å². The van der Waals surface area contributed by atoms with Gasteiger partial charge in [0.05, 0.1) is 12.7 Å². The molecule has 14 heavy (non-hydrogen) atoms. The van der Waals surface area contributed by atoms with E-state index in [9.17, 15) is 13.2 Å². The first-order valence-corrected chi connectivity index (χ1v) is 4.15. The fraction of sp³-hybridized carbons (Fsp3) is 0.444. The molecule has 0 aromatic carbocycles. The summed E-state index contributed by atoms with van der Waals surface area (Å²) in [7, 11) is 1.51. The molecule has 1 rings (SSSR count). The summed E-state index contributed by atoms with van der Waals surface area (Å²) in [5.74, 6) is 0.417. The van der Waals surface area contributed by atoms with E-state index in [2.05, 4.69) is 0 Å². The third kappa shape index (κ3) is 2.37. The third-order valence-corrected chi connectivity index (χ3v) is 1.71. The van der Waals surface area contributed by atoms with Gasteiger partial charge < -0.3 is 4.74 Å². The van der Waals surface area contributed by atoms with Gasteiger partial charge in [-0.25, -0.2) is 0 Å². The molecule has 0 saturated carbocycles. The van der Waals surface area contributed by atoms with Gasteiger partial charge >= 0.3 is 12.1 Å². The Morgan fingerprint density at radius 2 is 2.00 bits per heavy atom. The summed E-state index contributed by atoms with van der Waals surface area (Å²) < 4.78 is 43.1. The van der Waals surface area contributed by atoms with Gasteiger partial charge in [-0.1, -0.05) is 0 Å². The fourth-order valence-electron chi connectivity index (χ4n) is 1.06. The van der Waals surface area contributed by atoms with Gasteiger partial charge in [0.25, 0.3) is 0 Å². The van der Waals surface area contributed by atoms with Crippen LogP contribution in [0.2, 0.25) is 0 Å². The van der Waals surface area contributed by atoms with Crippen LogP contribution >= 0.6 is 0 Å². The molecule has 0 unspecified atom stereocenters. The van der Waals surface area contributed by atoms with Gasteiger partial charge in [0.2, 0.25) is 0 Å². The molecule has 0 fully saturated rings. The lowest BCUT2D eigenvalue weighted by Crippen LogP contribution is -2.32. The van der Waals surface area contributed by atoms with E-state index < -0.39 is 11.7 Å². The normalized spacial score (nSPS) is 11.5. The first-order valence-electron chi connectivity index (χ1n) is 4.15. The lowest BCUT2D eigenvalue weighted by atomic mass is 10.3. The lowest BCUT2D eigenvalue weighted by Gasteiger charge is -2.05. The molecular formula is C9H11F3NO+. The molecule has 5 heteroatoms. The van der Waals surface area contributed by atoms with Gasteiger partial charge in [-0.3, -0.25) is 0 Å². The van der Waals surface area contributed by atoms with Crippen LogP contribution < -0.4 is 9.30 Å². The number of alkyl halides is 3. The Labute approximate surface area is 79.9 Å². The van der Waals surface area contributed by atoms with E-state index in [4.69, 9.17) is 4.74 Å². The molecule has 0 aliphatic rings. The summed E-state index contributed by atoms with van der Waals surface area (Å²) >= 11 is 0. The van der Waals surface area contributed by atoms with Crippen molar-refractivity contribution in [3.05, 3.63) is 23.9 Å². The van der Waals surface area contributed by atoms with Gasteiger partial charge in [0.1, 0.15) is 12.6 Å². The Hall–Kier alpha value is -1.26.